The Kier molecular flexibility index (Phi) is 7.04. The molecule has 0 unspecified atom stereocenters. The van der Waals surface area contributed by atoms with Crippen LogP contribution in [0.4, 0.5) is 10.1 Å². The Balaban J connectivity index is 1.23. The van der Waals surface area contributed by atoms with Gasteiger partial charge >= 0.3 is 0 Å². The van der Waals surface area contributed by atoms with E-state index in [0.717, 1.165) is 12.1 Å². The van der Waals surface area contributed by atoms with Crippen molar-refractivity contribution >= 4 is 23.4 Å². The summed E-state index contributed by atoms with van der Waals surface area (Å²) in [6.07, 6.45) is 2.20. The molecular formula is C30H30FN3O3. The zero-order valence-electron chi connectivity index (χ0n) is 20.9. The fraction of sp³-hybridized carbons (Fsp3) is 0.300. The fourth-order valence-corrected chi connectivity index (χ4v) is 5.27. The topological polar surface area (TPSA) is 60.9 Å². The summed E-state index contributed by atoms with van der Waals surface area (Å²) in [5, 5.41) is 0. The number of carbonyl (C=O) groups is 3. The first-order valence-corrected chi connectivity index (χ1v) is 12.7. The van der Waals surface area contributed by atoms with Gasteiger partial charge in [0, 0.05) is 32.6 Å². The first-order chi connectivity index (χ1) is 17.9. The normalized spacial score (nSPS) is 15.7. The molecule has 0 saturated carbocycles. The summed E-state index contributed by atoms with van der Waals surface area (Å²) in [5.41, 5.74) is 3.26. The van der Waals surface area contributed by atoms with E-state index in [1.54, 1.807) is 24.3 Å². The molecule has 0 aliphatic carbocycles. The van der Waals surface area contributed by atoms with Crippen LogP contribution in [0.25, 0.3) is 0 Å². The van der Waals surface area contributed by atoms with Crippen molar-refractivity contribution in [1.82, 2.24) is 9.80 Å². The second-order valence-electron chi connectivity index (χ2n) is 9.78. The zero-order chi connectivity index (χ0) is 25.9. The summed E-state index contributed by atoms with van der Waals surface area (Å²) in [4.78, 5) is 44.6. The van der Waals surface area contributed by atoms with Crippen LogP contribution in [0, 0.1) is 11.7 Å². The van der Waals surface area contributed by atoms with E-state index >= 15 is 0 Å². The molecule has 2 aliphatic heterocycles. The van der Waals surface area contributed by atoms with Crippen molar-refractivity contribution in [3.8, 4) is 0 Å². The SMILES string of the molecule is CN(CCc1ccccc1)C(=O)C1CCN(c2cccc3c2C(=O)N(Cc2cccc(F)c2)C3=O)CC1. The van der Waals surface area contributed by atoms with Crippen LogP contribution in [0.1, 0.15) is 44.7 Å². The van der Waals surface area contributed by atoms with Gasteiger partial charge in [0.15, 0.2) is 0 Å². The number of halogens is 1. The van der Waals surface area contributed by atoms with Crippen molar-refractivity contribution in [2.45, 2.75) is 25.8 Å². The Morgan fingerprint density at radius 3 is 2.35 bits per heavy atom. The molecule has 2 aliphatic rings. The van der Waals surface area contributed by atoms with Gasteiger partial charge in [-0.05, 0) is 54.7 Å². The first kappa shape index (κ1) is 24.7. The van der Waals surface area contributed by atoms with Crippen molar-refractivity contribution in [1.29, 1.82) is 0 Å². The Bertz CT molecular complexity index is 1320. The molecule has 0 atom stereocenters. The number of piperidine rings is 1. The van der Waals surface area contributed by atoms with Gasteiger partial charge < -0.3 is 9.80 Å². The Morgan fingerprint density at radius 2 is 1.62 bits per heavy atom. The third-order valence-corrected chi connectivity index (χ3v) is 7.35. The molecule has 0 radical (unpaired) electrons. The Labute approximate surface area is 216 Å². The fourth-order valence-electron chi connectivity index (χ4n) is 5.27. The van der Waals surface area contributed by atoms with E-state index in [2.05, 4.69) is 17.0 Å². The van der Waals surface area contributed by atoms with Gasteiger partial charge in [0.05, 0.1) is 23.4 Å². The quantitative estimate of drug-likeness (QED) is 0.448. The number of fused-ring (bicyclic) bond motifs is 1. The lowest BCUT2D eigenvalue weighted by Crippen LogP contribution is -2.42. The number of hydrogen-bond acceptors (Lipinski definition) is 4. The molecular weight excluding hydrogens is 469 g/mol. The molecule has 7 heteroatoms. The third kappa shape index (κ3) is 5.12. The molecule has 190 valence electrons. The number of hydrogen-bond donors (Lipinski definition) is 0. The monoisotopic (exact) mass is 499 g/mol. The molecule has 3 aromatic carbocycles. The lowest BCUT2D eigenvalue weighted by atomic mass is 9.94. The number of anilines is 1. The van der Waals surface area contributed by atoms with Gasteiger partial charge in [-0.15, -0.1) is 0 Å². The van der Waals surface area contributed by atoms with Gasteiger partial charge in [0.2, 0.25) is 5.91 Å². The average Bonchev–Trinajstić information content (AvgIpc) is 3.17. The second kappa shape index (κ2) is 10.5. The molecule has 37 heavy (non-hydrogen) atoms. The van der Waals surface area contributed by atoms with Crippen LogP contribution in [0.3, 0.4) is 0 Å². The summed E-state index contributed by atoms with van der Waals surface area (Å²) in [6.45, 7) is 1.96. The number of carbonyl (C=O) groups excluding carboxylic acids is 3. The minimum atomic E-state index is -0.405. The van der Waals surface area contributed by atoms with Crippen LogP contribution in [0.2, 0.25) is 0 Å². The largest absolute Gasteiger partial charge is 0.371 e. The van der Waals surface area contributed by atoms with Crippen LogP contribution in [-0.4, -0.2) is 54.2 Å². The maximum atomic E-state index is 13.6. The maximum absolute atomic E-state index is 13.6. The molecule has 3 amide bonds. The number of amides is 3. The molecule has 1 fully saturated rings. The number of likely N-dealkylation sites (N-methyl/N-ethyl adjacent to an activating group) is 1. The predicted octanol–water partition coefficient (Wildman–Crippen LogP) is 4.54. The highest BCUT2D eigenvalue weighted by molar-refractivity contribution is 6.23. The summed E-state index contributed by atoms with van der Waals surface area (Å²) in [7, 11) is 1.86. The van der Waals surface area contributed by atoms with Gasteiger partial charge in [-0.2, -0.15) is 0 Å². The minimum Gasteiger partial charge on any atom is -0.371 e. The lowest BCUT2D eigenvalue weighted by molar-refractivity contribution is -0.134. The summed E-state index contributed by atoms with van der Waals surface area (Å²) >= 11 is 0. The van der Waals surface area contributed by atoms with E-state index in [1.807, 2.05) is 36.2 Å². The van der Waals surface area contributed by atoms with Crippen molar-refractivity contribution in [2.24, 2.45) is 5.92 Å². The van der Waals surface area contributed by atoms with Crippen LogP contribution >= 0.6 is 0 Å². The standard InChI is InChI=1S/C30H30FN3O3/c1-32(16-13-21-7-3-2-4-8-21)28(35)23-14-17-33(18-15-23)26-12-6-11-25-27(26)30(37)34(29(25)36)20-22-9-5-10-24(31)19-22/h2-12,19,23H,13-18,20H2,1H3. The highest BCUT2D eigenvalue weighted by Crippen LogP contribution is 2.35. The van der Waals surface area contributed by atoms with E-state index in [-0.39, 0.29) is 30.2 Å². The van der Waals surface area contributed by atoms with Gasteiger partial charge in [0.25, 0.3) is 11.8 Å². The Hall–Kier alpha value is -4.00. The van der Waals surface area contributed by atoms with E-state index in [0.29, 0.717) is 49.2 Å². The van der Waals surface area contributed by atoms with Gasteiger partial charge in [-0.3, -0.25) is 19.3 Å². The highest BCUT2D eigenvalue weighted by Gasteiger charge is 2.39. The van der Waals surface area contributed by atoms with Crippen molar-refractivity contribution < 1.29 is 18.8 Å². The van der Waals surface area contributed by atoms with Gasteiger partial charge in [-0.1, -0.05) is 48.5 Å². The molecule has 0 N–H and O–H groups in total. The van der Waals surface area contributed by atoms with Crippen molar-refractivity contribution in [2.75, 3.05) is 31.6 Å². The lowest BCUT2D eigenvalue weighted by Gasteiger charge is -2.35. The second-order valence-corrected chi connectivity index (χ2v) is 9.78. The predicted molar refractivity (Wildman–Crippen MR) is 140 cm³/mol. The molecule has 1 saturated heterocycles. The molecule has 5 rings (SSSR count). The van der Waals surface area contributed by atoms with Crippen LogP contribution in [-0.2, 0) is 17.8 Å². The van der Waals surface area contributed by atoms with E-state index in [1.165, 1.54) is 22.6 Å². The van der Waals surface area contributed by atoms with Gasteiger partial charge in [-0.25, -0.2) is 4.39 Å². The summed E-state index contributed by atoms with van der Waals surface area (Å²) in [5.74, 6) is -1.04. The minimum absolute atomic E-state index is 0.0233. The average molecular weight is 500 g/mol. The highest BCUT2D eigenvalue weighted by atomic mass is 19.1. The molecule has 6 nitrogen and oxygen atoms in total. The van der Waals surface area contributed by atoms with Crippen molar-refractivity contribution in [3.63, 3.8) is 0 Å². The first-order valence-electron chi connectivity index (χ1n) is 12.7. The van der Waals surface area contributed by atoms with Crippen LogP contribution < -0.4 is 4.90 Å². The molecule has 0 spiro atoms. The number of nitrogens with zero attached hydrogens (tertiary/aromatic N) is 3. The van der Waals surface area contributed by atoms with E-state index < -0.39 is 5.82 Å². The molecule has 3 aromatic rings. The molecule has 0 bridgehead atoms. The summed E-state index contributed by atoms with van der Waals surface area (Å²) in [6, 6.07) is 21.4. The van der Waals surface area contributed by atoms with E-state index in [9.17, 15) is 18.8 Å². The zero-order valence-corrected chi connectivity index (χ0v) is 20.9. The van der Waals surface area contributed by atoms with Crippen LogP contribution in [0.5, 0.6) is 0 Å². The smallest absolute Gasteiger partial charge is 0.263 e. The third-order valence-electron chi connectivity index (χ3n) is 7.35. The van der Waals surface area contributed by atoms with Gasteiger partial charge in [0.1, 0.15) is 5.82 Å². The number of rotatable bonds is 7. The van der Waals surface area contributed by atoms with Crippen molar-refractivity contribution in [3.05, 3.63) is 101 Å². The molecule has 0 aromatic heterocycles. The number of benzene rings is 3. The summed E-state index contributed by atoms with van der Waals surface area (Å²) < 4.78 is 13.6. The van der Waals surface area contributed by atoms with Crippen LogP contribution in [0.15, 0.2) is 72.8 Å². The maximum Gasteiger partial charge on any atom is 0.263 e. The van der Waals surface area contributed by atoms with E-state index in [4.69, 9.17) is 0 Å². The number of imide groups is 1. The Morgan fingerprint density at radius 1 is 0.919 bits per heavy atom. The molecule has 2 heterocycles.